The van der Waals surface area contributed by atoms with E-state index in [2.05, 4.69) is 0 Å². The zero-order valence-corrected chi connectivity index (χ0v) is 15.4. The van der Waals surface area contributed by atoms with E-state index >= 15 is 0 Å². The second-order valence-corrected chi connectivity index (χ2v) is 6.39. The zero-order valence-electron chi connectivity index (χ0n) is 15.4. The molecular formula is C23H20FNO3. The number of aromatic carboxylic acids is 1. The molecule has 0 aromatic heterocycles. The van der Waals surface area contributed by atoms with Gasteiger partial charge in [-0.3, -0.25) is 4.79 Å². The molecule has 0 saturated heterocycles. The monoisotopic (exact) mass is 377 g/mol. The van der Waals surface area contributed by atoms with Crippen molar-refractivity contribution in [1.29, 1.82) is 0 Å². The number of carbonyl (C=O) groups excluding carboxylic acids is 1. The number of amides is 1. The number of anilines is 1. The first-order chi connectivity index (χ1) is 13.5. The highest BCUT2D eigenvalue weighted by Crippen LogP contribution is 2.25. The first-order valence-electron chi connectivity index (χ1n) is 8.97. The molecule has 0 unspecified atom stereocenters. The molecule has 0 atom stereocenters. The minimum Gasteiger partial charge on any atom is -0.478 e. The maximum atomic E-state index is 13.3. The lowest BCUT2D eigenvalue weighted by molar-refractivity contribution is 0.0696. The number of hydrogen-bond donors (Lipinski definition) is 1. The maximum Gasteiger partial charge on any atom is 0.335 e. The second-order valence-electron chi connectivity index (χ2n) is 6.39. The van der Waals surface area contributed by atoms with Crippen LogP contribution in [0.2, 0.25) is 0 Å². The summed E-state index contributed by atoms with van der Waals surface area (Å²) in [5.41, 5.74) is 2.96. The Hall–Kier alpha value is -3.47. The molecule has 142 valence electrons. The van der Waals surface area contributed by atoms with Crippen molar-refractivity contribution in [1.82, 2.24) is 0 Å². The summed E-state index contributed by atoms with van der Waals surface area (Å²) in [5, 5.41) is 9.24. The zero-order chi connectivity index (χ0) is 20.1. The molecule has 28 heavy (non-hydrogen) atoms. The van der Waals surface area contributed by atoms with E-state index in [1.54, 1.807) is 23.1 Å². The number of halogens is 1. The summed E-state index contributed by atoms with van der Waals surface area (Å²) in [4.78, 5) is 26.1. The maximum absolute atomic E-state index is 13.3. The second kappa shape index (κ2) is 8.48. The number of nitrogens with zero attached hydrogens (tertiary/aromatic N) is 1. The van der Waals surface area contributed by atoms with Crippen LogP contribution in [0.4, 0.5) is 10.1 Å². The molecule has 3 aromatic carbocycles. The van der Waals surface area contributed by atoms with Gasteiger partial charge >= 0.3 is 5.97 Å². The highest BCUT2D eigenvalue weighted by atomic mass is 19.1. The minimum atomic E-state index is -1.02. The molecule has 3 aromatic rings. The van der Waals surface area contributed by atoms with Crippen molar-refractivity contribution in [3.8, 4) is 0 Å². The summed E-state index contributed by atoms with van der Waals surface area (Å²) >= 11 is 0. The summed E-state index contributed by atoms with van der Waals surface area (Å²) in [6.07, 6.45) is 0.735. The largest absolute Gasteiger partial charge is 0.478 e. The van der Waals surface area contributed by atoms with Gasteiger partial charge in [0.25, 0.3) is 5.91 Å². The molecule has 0 fully saturated rings. The van der Waals surface area contributed by atoms with Crippen molar-refractivity contribution in [2.45, 2.75) is 19.9 Å². The summed E-state index contributed by atoms with van der Waals surface area (Å²) in [7, 11) is 0. The standard InChI is InChI=1S/C23H20FNO3/c1-2-17-7-3-4-9-21(17)25(22(26)18-10-12-20(24)13-11-18)15-16-6-5-8-19(14-16)23(27)28/h3-14H,2,15H2,1H3,(H,27,28). The number of carboxylic acids is 1. The molecule has 4 nitrogen and oxygen atoms in total. The van der Waals surface area contributed by atoms with Crippen LogP contribution < -0.4 is 4.90 Å². The summed E-state index contributed by atoms with van der Waals surface area (Å²) in [6.45, 7) is 2.21. The number of para-hydroxylation sites is 1. The third-order valence-corrected chi connectivity index (χ3v) is 4.51. The van der Waals surface area contributed by atoms with Gasteiger partial charge in [0.15, 0.2) is 0 Å². The number of carbonyl (C=O) groups is 2. The number of carboxylic acid groups (broad SMARTS) is 1. The van der Waals surface area contributed by atoms with E-state index < -0.39 is 11.8 Å². The highest BCUT2D eigenvalue weighted by Gasteiger charge is 2.21. The Labute approximate surface area is 162 Å². The predicted molar refractivity (Wildman–Crippen MR) is 106 cm³/mol. The summed E-state index contributed by atoms with van der Waals surface area (Å²) in [5.74, 6) is -1.71. The van der Waals surface area contributed by atoms with Gasteiger partial charge in [-0.1, -0.05) is 37.3 Å². The van der Waals surface area contributed by atoms with Gasteiger partial charge in [0, 0.05) is 11.3 Å². The third-order valence-electron chi connectivity index (χ3n) is 4.51. The minimum absolute atomic E-state index is 0.162. The van der Waals surface area contributed by atoms with Gasteiger partial charge in [-0.05, 0) is 60.0 Å². The first kappa shape index (κ1) is 19.3. The van der Waals surface area contributed by atoms with Crippen LogP contribution in [0.3, 0.4) is 0 Å². The molecule has 5 heteroatoms. The topological polar surface area (TPSA) is 57.6 Å². The Morgan fingerprint density at radius 3 is 2.32 bits per heavy atom. The normalized spacial score (nSPS) is 10.5. The molecule has 1 amide bonds. The fourth-order valence-electron chi connectivity index (χ4n) is 3.07. The first-order valence-corrected chi connectivity index (χ1v) is 8.97. The predicted octanol–water partition coefficient (Wildman–Crippen LogP) is 4.93. The smallest absolute Gasteiger partial charge is 0.335 e. The number of benzene rings is 3. The van der Waals surface area contributed by atoms with E-state index in [9.17, 15) is 19.1 Å². The van der Waals surface area contributed by atoms with Crippen molar-refractivity contribution in [2.75, 3.05) is 4.90 Å². The SMILES string of the molecule is CCc1ccccc1N(Cc1cccc(C(=O)O)c1)C(=O)c1ccc(F)cc1. The van der Waals surface area contributed by atoms with E-state index in [0.29, 0.717) is 11.1 Å². The van der Waals surface area contributed by atoms with Crippen LogP contribution in [-0.4, -0.2) is 17.0 Å². The van der Waals surface area contributed by atoms with Crippen molar-refractivity contribution < 1.29 is 19.1 Å². The van der Waals surface area contributed by atoms with Crippen molar-refractivity contribution >= 4 is 17.6 Å². The van der Waals surface area contributed by atoms with E-state index in [4.69, 9.17) is 0 Å². The Morgan fingerprint density at radius 2 is 1.64 bits per heavy atom. The average Bonchev–Trinajstić information content (AvgIpc) is 2.72. The summed E-state index contributed by atoms with van der Waals surface area (Å²) in [6, 6.07) is 19.5. The van der Waals surface area contributed by atoms with Crippen molar-refractivity contribution in [3.63, 3.8) is 0 Å². The molecule has 1 N–H and O–H groups in total. The molecule has 0 aliphatic heterocycles. The van der Waals surface area contributed by atoms with E-state index in [1.807, 2.05) is 31.2 Å². The van der Waals surface area contributed by atoms with E-state index in [-0.39, 0.29) is 18.0 Å². The van der Waals surface area contributed by atoms with Crippen LogP contribution in [-0.2, 0) is 13.0 Å². The van der Waals surface area contributed by atoms with Crippen molar-refractivity contribution in [2.24, 2.45) is 0 Å². The molecule has 0 heterocycles. The van der Waals surface area contributed by atoms with Crippen LogP contribution in [0, 0.1) is 5.82 Å². The molecule has 0 aliphatic rings. The fourth-order valence-corrected chi connectivity index (χ4v) is 3.07. The molecule has 0 spiro atoms. The van der Waals surface area contributed by atoms with Gasteiger partial charge in [0.05, 0.1) is 12.1 Å². The Morgan fingerprint density at radius 1 is 0.929 bits per heavy atom. The van der Waals surface area contributed by atoms with Gasteiger partial charge in [-0.25, -0.2) is 9.18 Å². The van der Waals surface area contributed by atoms with Crippen molar-refractivity contribution in [3.05, 3.63) is 101 Å². The summed E-state index contributed by atoms with van der Waals surface area (Å²) < 4.78 is 13.3. The lowest BCUT2D eigenvalue weighted by atomic mass is 10.1. The number of rotatable bonds is 6. The molecule has 0 radical (unpaired) electrons. The van der Waals surface area contributed by atoms with Crippen LogP contribution in [0.25, 0.3) is 0 Å². The van der Waals surface area contributed by atoms with Crippen LogP contribution >= 0.6 is 0 Å². The Balaban J connectivity index is 2.04. The lowest BCUT2D eigenvalue weighted by Crippen LogP contribution is -2.31. The van der Waals surface area contributed by atoms with Crippen LogP contribution in [0.5, 0.6) is 0 Å². The average molecular weight is 377 g/mol. The highest BCUT2D eigenvalue weighted by molar-refractivity contribution is 6.06. The quantitative estimate of drug-likeness (QED) is 0.662. The van der Waals surface area contributed by atoms with Crippen LogP contribution in [0.15, 0.2) is 72.8 Å². The molecule has 0 aliphatic carbocycles. The van der Waals surface area contributed by atoms with Crippen LogP contribution in [0.1, 0.15) is 38.8 Å². The molecule has 3 rings (SSSR count). The van der Waals surface area contributed by atoms with Gasteiger partial charge in [0.2, 0.25) is 0 Å². The lowest BCUT2D eigenvalue weighted by Gasteiger charge is -2.25. The Bertz CT molecular complexity index is 999. The number of hydrogen-bond acceptors (Lipinski definition) is 2. The third kappa shape index (κ3) is 4.26. The van der Waals surface area contributed by atoms with Gasteiger partial charge < -0.3 is 10.0 Å². The molecule has 0 saturated carbocycles. The van der Waals surface area contributed by atoms with Gasteiger partial charge in [0.1, 0.15) is 5.82 Å². The van der Waals surface area contributed by atoms with E-state index in [1.165, 1.54) is 30.3 Å². The molecule has 0 bridgehead atoms. The molecular weight excluding hydrogens is 357 g/mol. The Kier molecular flexibility index (Phi) is 5.84. The fraction of sp³-hybridized carbons (Fsp3) is 0.130. The van der Waals surface area contributed by atoms with Gasteiger partial charge in [-0.15, -0.1) is 0 Å². The van der Waals surface area contributed by atoms with E-state index in [0.717, 1.165) is 17.7 Å². The van der Waals surface area contributed by atoms with Gasteiger partial charge in [-0.2, -0.15) is 0 Å². The number of aryl methyl sites for hydroxylation is 1.